The minimum atomic E-state index is -0.713. The van der Waals surface area contributed by atoms with Crippen molar-refractivity contribution in [3.63, 3.8) is 0 Å². The minimum absolute atomic E-state index is 0.143. The molecule has 0 radical (unpaired) electrons. The first-order chi connectivity index (χ1) is 8.75. The monoisotopic (exact) mass is 265 g/mol. The van der Waals surface area contributed by atoms with E-state index in [1.807, 2.05) is 17.5 Å². The first-order valence-corrected chi connectivity index (χ1v) is 6.81. The third kappa shape index (κ3) is 3.66. The highest BCUT2D eigenvalue weighted by atomic mass is 32.1. The molecule has 0 aromatic carbocycles. The lowest BCUT2D eigenvalue weighted by atomic mass is 10.2. The molecule has 96 valence electrons. The zero-order valence-corrected chi connectivity index (χ0v) is 10.7. The van der Waals surface area contributed by atoms with Crippen LogP contribution in [0, 0.1) is 0 Å². The Morgan fingerprint density at radius 3 is 2.78 bits per heavy atom. The number of amides is 2. The van der Waals surface area contributed by atoms with Gasteiger partial charge in [-0.05, 0) is 24.3 Å². The van der Waals surface area contributed by atoms with Gasteiger partial charge in [-0.3, -0.25) is 9.59 Å². The van der Waals surface area contributed by atoms with Crippen molar-refractivity contribution >= 4 is 29.4 Å². The molecular weight excluding hydrogens is 250 g/mol. The fourth-order valence-corrected chi connectivity index (χ4v) is 2.48. The predicted molar refractivity (Wildman–Crippen MR) is 70.5 cm³/mol. The lowest BCUT2D eigenvalue weighted by Gasteiger charge is -2.09. The molecule has 5 nitrogen and oxygen atoms in total. The summed E-state index contributed by atoms with van der Waals surface area (Å²) >= 11 is 1.51. The third-order valence-corrected chi connectivity index (χ3v) is 3.60. The Morgan fingerprint density at radius 1 is 1.33 bits per heavy atom. The van der Waals surface area contributed by atoms with Crippen LogP contribution in [0.2, 0.25) is 0 Å². The van der Waals surface area contributed by atoms with Crippen molar-refractivity contribution < 1.29 is 9.59 Å². The molecule has 0 atom stereocenters. The van der Waals surface area contributed by atoms with Gasteiger partial charge in [-0.2, -0.15) is 5.10 Å². The summed E-state index contributed by atoms with van der Waals surface area (Å²) in [5, 5.41) is 8.35. The Balaban J connectivity index is 1.75. The number of hydrogen-bond donors (Lipinski definition) is 2. The number of thiophene rings is 1. The number of nitrogens with zero attached hydrogens (tertiary/aromatic N) is 1. The van der Waals surface area contributed by atoms with Crippen LogP contribution < -0.4 is 10.7 Å². The summed E-state index contributed by atoms with van der Waals surface area (Å²) in [5.41, 5.74) is 2.22. The van der Waals surface area contributed by atoms with Gasteiger partial charge in [0.2, 0.25) is 0 Å². The molecule has 0 unspecified atom stereocenters. The van der Waals surface area contributed by atoms with E-state index >= 15 is 0 Å². The van der Waals surface area contributed by atoms with Gasteiger partial charge in [0.1, 0.15) is 0 Å². The van der Waals surface area contributed by atoms with Gasteiger partial charge in [-0.15, -0.1) is 11.3 Å². The Labute approximate surface area is 109 Å². The molecule has 1 saturated carbocycles. The summed E-state index contributed by atoms with van der Waals surface area (Å²) in [4.78, 5) is 23.8. The first kappa shape index (κ1) is 12.8. The zero-order chi connectivity index (χ0) is 12.8. The molecule has 0 spiro atoms. The SMILES string of the molecule is O=C(N/N=C/c1cccs1)C(=O)NC1CCCC1. The highest BCUT2D eigenvalue weighted by Gasteiger charge is 2.20. The van der Waals surface area contributed by atoms with Crippen LogP contribution in [0.15, 0.2) is 22.6 Å². The molecule has 0 saturated heterocycles. The minimum Gasteiger partial charge on any atom is -0.345 e. The molecule has 1 aliphatic rings. The van der Waals surface area contributed by atoms with Crippen LogP contribution in [0.1, 0.15) is 30.6 Å². The largest absolute Gasteiger partial charge is 0.345 e. The van der Waals surface area contributed by atoms with Crippen LogP contribution >= 0.6 is 11.3 Å². The van der Waals surface area contributed by atoms with Crippen molar-refractivity contribution in [3.05, 3.63) is 22.4 Å². The van der Waals surface area contributed by atoms with Crippen molar-refractivity contribution in [3.8, 4) is 0 Å². The van der Waals surface area contributed by atoms with Gasteiger partial charge in [-0.1, -0.05) is 18.9 Å². The number of rotatable bonds is 3. The van der Waals surface area contributed by atoms with Gasteiger partial charge >= 0.3 is 11.8 Å². The molecule has 1 aromatic rings. The summed E-state index contributed by atoms with van der Waals surface area (Å²) in [6.45, 7) is 0. The first-order valence-electron chi connectivity index (χ1n) is 5.93. The van der Waals surface area contributed by atoms with Crippen LogP contribution in [0.25, 0.3) is 0 Å². The maximum Gasteiger partial charge on any atom is 0.329 e. The van der Waals surface area contributed by atoms with E-state index in [0.29, 0.717) is 0 Å². The highest BCUT2D eigenvalue weighted by Crippen LogP contribution is 2.17. The van der Waals surface area contributed by atoms with Gasteiger partial charge in [0, 0.05) is 10.9 Å². The molecule has 1 aromatic heterocycles. The summed E-state index contributed by atoms with van der Waals surface area (Å²) in [6.07, 6.45) is 5.66. The summed E-state index contributed by atoms with van der Waals surface area (Å²) < 4.78 is 0. The predicted octanol–water partition coefficient (Wildman–Crippen LogP) is 1.26. The van der Waals surface area contributed by atoms with E-state index in [1.165, 1.54) is 17.6 Å². The molecule has 1 heterocycles. The maximum absolute atomic E-state index is 11.5. The quantitative estimate of drug-likeness (QED) is 0.490. The summed E-state index contributed by atoms with van der Waals surface area (Å²) in [7, 11) is 0. The third-order valence-electron chi connectivity index (χ3n) is 2.80. The van der Waals surface area contributed by atoms with E-state index in [-0.39, 0.29) is 6.04 Å². The van der Waals surface area contributed by atoms with Gasteiger partial charge < -0.3 is 5.32 Å². The van der Waals surface area contributed by atoms with E-state index in [2.05, 4.69) is 15.8 Å². The Morgan fingerprint density at radius 2 is 2.11 bits per heavy atom. The van der Waals surface area contributed by atoms with Gasteiger partial charge in [-0.25, -0.2) is 5.43 Å². The zero-order valence-electron chi connectivity index (χ0n) is 9.89. The normalized spacial score (nSPS) is 16.0. The van der Waals surface area contributed by atoms with Gasteiger partial charge in [0.25, 0.3) is 0 Å². The van der Waals surface area contributed by atoms with Crippen LogP contribution in [0.4, 0.5) is 0 Å². The van der Waals surface area contributed by atoms with Crippen molar-refractivity contribution in [2.75, 3.05) is 0 Å². The second-order valence-corrected chi connectivity index (χ2v) is 5.15. The average molecular weight is 265 g/mol. The van der Waals surface area contributed by atoms with Crippen molar-refractivity contribution in [2.45, 2.75) is 31.7 Å². The second kappa shape index (κ2) is 6.30. The molecule has 1 fully saturated rings. The van der Waals surface area contributed by atoms with E-state index in [9.17, 15) is 9.59 Å². The van der Waals surface area contributed by atoms with Crippen molar-refractivity contribution in [1.82, 2.24) is 10.7 Å². The van der Waals surface area contributed by atoms with Gasteiger partial charge in [0.15, 0.2) is 0 Å². The molecule has 0 aliphatic heterocycles. The lowest BCUT2D eigenvalue weighted by Crippen LogP contribution is -2.42. The molecule has 2 amide bonds. The second-order valence-electron chi connectivity index (χ2n) is 4.17. The van der Waals surface area contributed by atoms with E-state index in [0.717, 1.165) is 30.6 Å². The van der Waals surface area contributed by atoms with Gasteiger partial charge in [0.05, 0.1) is 6.21 Å². The number of hydrazone groups is 1. The number of carbonyl (C=O) groups is 2. The molecule has 1 aliphatic carbocycles. The molecular formula is C12H15N3O2S. The summed E-state index contributed by atoms with van der Waals surface area (Å²) in [6, 6.07) is 3.91. The fraction of sp³-hybridized carbons (Fsp3) is 0.417. The van der Waals surface area contributed by atoms with Crippen molar-refractivity contribution in [2.24, 2.45) is 5.10 Å². The molecule has 6 heteroatoms. The smallest absolute Gasteiger partial charge is 0.329 e. The number of nitrogens with one attached hydrogen (secondary N) is 2. The number of carbonyl (C=O) groups excluding carboxylic acids is 2. The molecule has 2 N–H and O–H groups in total. The molecule has 0 bridgehead atoms. The molecule has 2 rings (SSSR count). The Bertz CT molecular complexity index is 436. The maximum atomic E-state index is 11.5. The van der Waals surface area contributed by atoms with E-state index in [1.54, 1.807) is 0 Å². The lowest BCUT2D eigenvalue weighted by molar-refractivity contribution is -0.139. The van der Waals surface area contributed by atoms with E-state index < -0.39 is 11.8 Å². The van der Waals surface area contributed by atoms with Crippen LogP contribution in [0.3, 0.4) is 0 Å². The van der Waals surface area contributed by atoms with E-state index in [4.69, 9.17) is 0 Å². The fourth-order valence-electron chi connectivity index (χ4n) is 1.89. The van der Waals surface area contributed by atoms with Crippen molar-refractivity contribution in [1.29, 1.82) is 0 Å². The van der Waals surface area contributed by atoms with Crippen LogP contribution in [0.5, 0.6) is 0 Å². The average Bonchev–Trinajstić information content (AvgIpc) is 3.01. The standard InChI is InChI=1S/C12H15N3O2S/c16-11(14-9-4-1-2-5-9)12(17)15-13-8-10-6-3-7-18-10/h3,6-9H,1-2,4-5H2,(H,14,16)(H,15,17)/b13-8+. The Kier molecular flexibility index (Phi) is 4.46. The van der Waals surface area contributed by atoms with Crippen LogP contribution in [-0.4, -0.2) is 24.1 Å². The topological polar surface area (TPSA) is 70.6 Å². The Hall–Kier alpha value is -1.69. The number of hydrogen-bond acceptors (Lipinski definition) is 4. The molecule has 18 heavy (non-hydrogen) atoms. The summed E-state index contributed by atoms with van der Waals surface area (Å²) in [5.74, 6) is -1.32. The van der Waals surface area contributed by atoms with Crippen LogP contribution in [-0.2, 0) is 9.59 Å². The highest BCUT2D eigenvalue weighted by molar-refractivity contribution is 7.11.